The summed E-state index contributed by atoms with van der Waals surface area (Å²) >= 11 is 1.83. The second-order valence-corrected chi connectivity index (χ2v) is 5.92. The molecule has 1 aliphatic rings. The van der Waals surface area contributed by atoms with E-state index in [0.29, 0.717) is 18.3 Å². The first-order valence-electron chi connectivity index (χ1n) is 6.62. The van der Waals surface area contributed by atoms with Gasteiger partial charge in [0.2, 0.25) is 5.89 Å². The number of nitrogens with zero attached hydrogens (tertiary/aromatic N) is 3. The molecule has 0 spiro atoms. The summed E-state index contributed by atoms with van der Waals surface area (Å²) in [6, 6.07) is 6.08. The van der Waals surface area contributed by atoms with Gasteiger partial charge in [0.1, 0.15) is 5.69 Å². The molecule has 102 valence electrons. The molecule has 4 rings (SSSR count). The van der Waals surface area contributed by atoms with Gasteiger partial charge in [0.15, 0.2) is 0 Å². The van der Waals surface area contributed by atoms with E-state index in [0.717, 1.165) is 25.2 Å². The van der Waals surface area contributed by atoms with Crippen molar-refractivity contribution in [3.63, 3.8) is 0 Å². The van der Waals surface area contributed by atoms with Crippen LogP contribution >= 0.6 is 11.3 Å². The number of H-pyrrole nitrogens is 1. The maximum atomic E-state index is 5.71. The maximum Gasteiger partial charge on any atom is 0.264 e. The van der Waals surface area contributed by atoms with Crippen molar-refractivity contribution in [1.82, 2.24) is 20.1 Å². The molecule has 1 N–H and O–H groups in total. The van der Waals surface area contributed by atoms with E-state index in [1.165, 1.54) is 10.4 Å². The highest BCUT2D eigenvalue weighted by molar-refractivity contribution is 7.10. The lowest BCUT2D eigenvalue weighted by Gasteiger charge is -2.24. The zero-order chi connectivity index (χ0) is 13.4. The number of hydrogen-bond donors (Lipinski definition) is 1. The predicted molar refractivity (Wildman–Crippen MR) is 76.2 cm³/mol. The second kappa shape index (κ2) is 4.88. The Morgan fingerprint density at radius 2 is 2.35 bits per heavy atom. The Bertz CT molecular complexity index is 700. The van der Waals surface area contributed by atoms with Gasteiger partial charge in [-0.25, -0.2) is 0 Å². The van der Waals surface area contributed by atoms with Crippen LogP contribution in [-0.2, 0) is 19.5 Å². The van der Waals surface area contributed by atoms with Gasteiger partial charge in [-0.3, -0.25) is 4.90 Å². The average molecular weight is 286 g/mol. The number of hydrogen-bond acceptors (Lipinski definition) is 5. The molecular formula is C14H14N4OS. The summed E-state index contributed by atoms with van der Waals surface area (Å²) in [5.41, 5.74) is 2.35. The molecule has 0 saturated carbocycles. The monoisotopic (exact) mass is 286 g/mol. The van der Waals surface area contributed by atoms with E-state index in [1.807, 2.05) is 29.7 Å². The number of fused-ring (bicyclic) bond motifs is 1. The number of thiophene rings is 1. The summed E-state index contributed by atoms with van der Waals surface area (Å²) in [5.74, 6) is 1.23. The summed E-state index contributed by atoms with van der Waals surface area (Å²) in [7, 11) is 0. The van der Waals surface area contributed by atoms with E-state index in [9.17, 15) is 0 Å². The zero-order valence-corrected chi connectivity index (χ0v) is 11.7. The Kier molecular flexibility index (Phi) is 2.90. The molecule has 0 aromatic carbocycles. The third-order valence-corrected chi connectivity index (χ3v) is 4.50. The van der Waals surface area contributed by atoms with Crippen LogP contribution in [0.2, 0.25) is 0 Å². The molecule has 3 aromatic heterocycles. The molecule has 0 atom stereocenters. The minimum absolute atomic E-state index is 0.554. The molecular weight excluding hydrogens is 272 g/mol. The molecule has 0 radical (unpaired) electrons. The zero-order valence-electron chi connectivity index (χ0n) is 10.9. The standard InChI is InChI=1S/C14H14N4OS/c1-2-11(15-5-1)14-17-16-13(19-14)9-18-6-3-10-4-7-20-12(10)8-18/h1-2,4-5,7,15H,3,6,8-9H2. The van der Waals surface area contributed by atoms with Gasteiger partial charge in [0, 0.05) is 24.2 Å². The van der Waals surface area contributed by atoms with Gasteiger partial charge >= 0.3 is 0 Å². The van der Waals surface area contributed by atoms with Crippen molar-refractivity contribution >= 4 is 11.3 Å². The molecule has 0 bridgehead atoms. The number of nitrogens with one attached hydrogen (secondary N) is 1. The lowest BCUT2D eigenvalue weighted by molar-refractivity contribution is 0.224. The van der Waals surface area contributed by atoms with Crippen LogP contribution in [-0.4, -0.2) is 26.6 Å². The normalized spacial score (nSPS) is 15.4. The summed E-state index contributed by atoms with van der Waals surface area (Å²) in [6.45, 7) is 2.74. The first-order chi connectivity index (χ1) is 9.88. The van der Waals surface area contributed by atoms with Crippen molar-refractivity contribution in [3.8, 4) is 11.6 Å². The van der Waals surface area contributed by atoms with Crippen LogP contribution in [0.15, 0.2) is 34.2 Å². The second-order valence-electron chi connectivity index (χ2n) is 4.91. The molecule has 4 heterocycles. The van der Waals surface area contributed by atoms with Crippen molar-refractivity contribution in [3.05, 3.63) is 46.1 Å². The molecule has 0 saturated heterocycles. The third-order valence-electron chi connectivity index (χ3n) is 3.56. The SMILES string of the molecule is c1c[nH]c(-c2nnc(CN3CCc4ccsc4C3)o2)c1. The van der Waals surface area contributed by atoms with Crippen molar-refractivity contribution in [2.24, 2.45) is 0 Å². The maximum absolute atomic E-state index is 5.71. The molecule has 1 aliphatic heterocycles. The van der Waals surface area contributed by atoms with E-state index in [2.05, 4.69) is 31.5 Å². The smallest absolute Gasteiger partial charge is 0.264 e. The summed E-state index contributed by atoms with van der Waals surface area (Å²) in [6.07, 6.45) is 2.96. The van der Waals surface area contributed by atoms with E-state index >= 15 is 0 Å². The first kappa shape index (κ1) is 11.9. The van der Waals surface area contributed by atoms with Gasteiger partial charge in [0.05, 0.1) is 6.54 Å². The Labute approximate surface area is 120 Å². The molecule has 0 aliphatic carbocycles. The quantitative estimate of drug-likeness (QED) is 0.804. The molecule has 3 aromatic rings. The number of aromatic nitrogens is 3. The number of rotatable bonds is 3. The summed E-state index contributed by atoms with van der Waals surface area (Å²) in [5, 5.41) is 10.4. The fourth-order valence-corrected chi connectivity index (χ4v) is 3.48. The Morgan fingerprint density at radius 3 is 3.25 bits per heavy atom. The minimum atomic E-state index is 0.554. The van der Waals surface area contributed by atoms with Crippen molar-refractivity contribution in [2.75, 3.05) is 6.54 Å². The highest BCUT2D eigenvalue weighted by atomic mass is 32.1. The third kappa shape index (κ3) is 2.17. The Balaban J connectivity index is 1.48. The molecule has 5 nitrogen and oxygen atoms in total. The van der Waals surface area contributed by atoms with Gasteiger partial charge in [-0.05, 0) is 35.6 Å². The summed E-state index contributed by atoms with van der Waals surface area (Å²) in [4.78, 5) is 6.88. The fraction of sp³-hybridized carbons (Fsp3) is 0.286. The molecule has 0 unspecified atom stereocenters. The summed E-state index contributed by atoms with van der Waals surface area (Å²) < 4.78 is 5.71. The highest BCUT2D eigenvalue weighted by Gasteiger charge is 2.19. The van der Waals surface area contributed by atoms with Crippen LogP contribution in [0.4, 0.5) is 0 Å². The Hall–Kier alpha value is -1.92. The van der Waals surface area contributed by atoms with E-state index in [1.54, 1.807) is 0 Å². The van der Waals surface area contributed by atoms with Gasteiger partial charge in [-0.15, -0.1) is 21.5 Å². The minimum Gasteiger partial charge on any atom is -0.418 e. The van der Waals surface area contributed by atoms with Crippen LogP contribution in [0.3, 0.4) is 0 Å². The lowest BCUT2D eigenvalue weighted by atomic mass is 10.1. The molecule has 6 heteroatoms. The first-order valence-corrected chi connectivity index (χ1v) is 7.50. The van der Waals surface area contributed by atoms with Crippen molar-refractivity contribution in [1.29, 1.82) is 0 Å². The fourth-order valence-electron chi connectivity index (χ4n) is 2.51. The van der Waals surface area contributed by atoms with E-state index < -0.39 is 0 Å². The highest BCUT2D eigenvalue weighted by Crippen LogP contribution is 2.25. The van der Waals surface area contributed by atoms with Crippen LogP contribution in [0.1, 0.15) is 16.3 Å². The van der Waals surface area contributed by atoms with Gasteiger partial charge in [-0.1, -0.05) is 0 Å². The molecule has 0 amide bonds. The van der Waals surface area contributed by atoms with Crippen LogP contribution < -0.4 is 0 Å². The Morgan fingerprint density at radius 1 is 1.35 bits per heavy atom. The van der Waals surface area contributed by atoms with E-state index in [-0.39, 0.29) is 0 Å². The van der Waals surface area contributed by atoms with Crippen molar-refractivity contribution < 1.29 is 4.42 Å². The van der Waals surface area contributed by atoms with Gasteiger partial charge in [-0.2, -0.15) is 0 Å². The molecule has 20 heavy (non-hydrogen) atoms. The van der Waals surface area contributed by atoms with Crippen LogP contribution in [0, 0.1) is 0 Å². The van der Waals surface area contributed by atoms with E-state index in [4.69, 9.17) is 4.42 Å². The van der Waals surface area contributed by atoms with Crippen LogP contribution in [0.5, 0.6) is 0 Å². The van der Waals surface area contributed by atoms with Crippen molar-refractivity contribution in [2.45, 2.75) is 19.5 Å². The topological polar surface area (TPSA) is 58.0 Å². The number of aromatic amines is 1. The average Bonchev–Trinajstić information content (AvgIpc) is 3.19. The predicted octanol–water partition coefficient (Wildman–Crippen LogP) is 2.68. The van der Waals surface area contributed by atoms with Gasteiger partial charge in [0.25, 0.3) is 5.89 Å². The largest absolute Gasteiger partial charge is 0.418 e. The van der Waals surface area contributed by atoms with Crippen LogP contribution in [0.25, 0.3) is 11.6 Å². The van der Waals surface area contributed by atoms with Gasteiger partial charge < -0.3 is 9.40 Å². The molecule has 0 fully saturated rings. The lowest BCUT2D eigenvalue weighted by Crippen LogP contribution is -2.29.